The highest BCUT2D eigenvalue weighted by Crippen LogP contribution is 2.17. The Morgan fingerprint density at radius 3 is 1.76 bits per heavy atom. The molecule has 2 N–H and O–H groups in total. The van der Waals surface area contributed by atoms with E-state index in [0.29, 0.717) is 17.1 Å². The Labute approximate surface area is 148 Å². The van der Waals surface area contributed by atoms with Crippen LogP contribution in [0.1, 0.15) is 26.3 Å². The summed E-state index contributed by atoms with van der Waals surface area (Å²) in [5, 5.41) is 5.61. The SMILES string of the molecule is Cc1ccc(OC(C)C(=O)Nc2ccc(NC(=O)C(C)C)cc2)cc1. The van der Waals surface area contributed by atoms with E-state index in [1.807, 2.05) is 45.0 Å². The molecule has 2 aromatic carbocycles. The van der Waals surface area contributed by atoms with E-state index in [1.54, 1.807) is 31.2 Å². The molecule has 0 fully saturated rings. The van der Waals surface area contributed by atoms with Gasteiger partial charge in [-0.25, -0.2) is 0 Å². The summed E-state index contributed by atoms with van der Waals surface area (Å²) in [7, 11) is 0. The van der Waals surface area contributed by atoms with Crippen LogP contribution < -0.4 is 15.4 Å². The smallest absolute Gasteiger partial charge is 0.265 e. The number of rotatable bonds is 6. The molecule has 2 aromatic rings. The molecule has 25 heavy (non-hydrogen) atoms. The molecule has 0 aliphatic heterocycles. The van der Waals surface area contributed by atoms with Gasteiger partial charge in [0, 0.05) is 17.3 Å². The van der Waals surface area contributed by atoms with E-state index in [4.69, 9.17) is 4.74 Å². The van der Waals surface area contributed by atoms with Crippen LogP contribution in [0.5, 0.6) is 5.75 Å². The maximum atomic E-state index is 12.2. The summed E-state index contributed by atoms with van der Waals surface area (Å²) < 4.78 is 5.64. The Balaban J connectivity index is 1.91. The van der Waals surface area contributed by atoms with Gasteiger partial charge in [0.15, 0.2) is 6.10 Å². The fourth-order valence-electron chi connectivity index (χ4n) is 2.04. The molecule has 0 spiro atoms. The van der Waals surface area contributed by atoms with Crippen LogP contribution in [-0.2, 0) is 9.59 Å². The summed E-state index contributed by atoms with van der Waals surface area (Å²) in [6.45, 7) is 7.36. The van der Waals surface area contributed by atoms with Gasteiger partial charge in [0.05, 0.1) is 0 Å². The number of amides is 2. The highest BCUT2D eigenvalue weighted by atomic mass is 16.5. The first-order valence-corrected chi connectivity index (χ1v) is 8.30. The lowest BCUT2D eigenvalue weighted by Gasteiger charge is -2.15. The molecule has 1 atom stereocenters. The van der Waals surface area contributed by atoms with Crippen LogP contribution in [0.15, 0.2) is 48.5 Å². The van der Waals surface area contributed by atoms with Crippen LogP contribution in [0.25, 0.3) is 0 Å². The van der Waals surface area contributed by atoms with Crippen LogP contribution in [0.2, 0.25) is 0 Å². The first-order chi connectivity index (χ1) is 11.8. The number of carbonyl (C=O) groups is 2. The third-order valence-corrected chi connectivity index (χ3v) is 3.65. The molecule has 132 valence electrons. The number of benzene rings is 2. The normalized spacial score (nSPS) is 11.7. The maximum absolute atomic E-state index is 12.2. The van der Waals surface area contributed by atoms with Gasteiger partial charge in [-0.05, 0) is 50.2 Å². The molecule has 0 aromatic heterocycles. The summed E-state index contributed by atoms with van der Waals surface area (Å²) in [4.78, 5) is 23.9. The van der Waals surface area contributed by atoms with Crippen molar-refractivity contribution in [2.75, 3.05) is 10.6 Å². The molecule has 2 rings (SSSR count). The zero-order valence-electron chi connectivity index (χ0n) is 15.0. The lowest BCUT2D eigenvalue weighted by atomic mass is 10.2. The number of hydrogen-bond donors (Lipinski definition) is 2. The minimum Gasteiger partial charge on any atom is -0.481 e. The van der Waals surface area contributed by atoms with Gasteiger partial charge in [0.25, 0.3) is 5.91 Å². The number of ether oxygens (including phenoxy) is 1. The Kier molecular flexibility index (Phi) is 6.17. The van der Waals surface area contributed by atoms with Crippen LogP contribution in [-0.4, -0.2) is 17.9 Å². The number of carbonyl (C=O) groups excluding carboxylic acids is 2. The number of aryl methyl sites for hydroxylation is 1. The van der Waals surface area contributed by atoms with Gasteiger partial charge < -0.3 is 15.4 Å². The van der Waals surface area contributed by atoms with Gasteiger partial charge in [0.1, 0.15) is 5.75 Å². The van der Waals surface area contributed by atoms with Gasteiger partial charge in [-0.2, -0.15) is 0 Å². The van der Waals surface area contributed by atoms with E-state index in [2.05, 4.69) is 10.6 Å². The predicted molar refractivity (Wildman–Crippen MR) is 99.8 cm³/mol. The average molecular weight is 340 g/mol. The van der Waals surface area contributed by atoms with Crippen molar-refractivity contribution in [3.8, 4) is 5.75 Å². The Morgan fingerprint density at radius 1 is 0.800 bits per heavy atom. The second-order valence-electron chi connectivity index (χ2n) is 6.28. The summed E-state index contributed by atoms with van der Waals surface area (Å²) >= 11 is 0. The summed E-state index contributed by atoms with van der Waals surface area (Å²) in [6, 6.07) is 14.5. The lowest BCUT2D eigenvalue weighted by molar-refractivity contribution is -0.122. The van der Waals surface area contributed by atoms with Crippen molar-refractivity contribution in [1.82, 2.24) is 0 Å². The van der Waals surface area contributed by atoms with E-state index in [9.17, 15) is 9.59 Å². The predicted octanol–water partition coefficient (Wildman–Crippen LogP) is 4.00. The van der Waals surface area contributed by atoms with Crippen LogP contribution in [0.4, 0.5) is 11.4 Å². The Hall–Kier alpha value is -2.82. The molecule has 1 unspecified atom stereocenters. The van der Waals surface area contributed by atoms with Crippen molar-refractivity contribution in [2.45, 2.75) is 33.8 Å². The third-order valence-electron chi connectivity index (χ3n) is 3.65. The van der Waals surface area contributed by atoms with Gasteiger partial charge in [0.2, 0.25) is 5.91 Å². The molecule has 0 bridgehead atoms. The molecule has 0 saturated carbocycles. The summed E-state index contributed by atoms with van der Waals surface area (Å²) in [5.74, 6) is 0.288. The number of nitrogens with one attached hydrogen (secondary N) is 2. The molecule has 0 saturated heterocycles. The fourth-order valence-corrected chi connectivity index (χ4v) is 2.04. The van der Waals surface area contributed by atoms with E-state index < -0.39 is 6.10 Å². The largest absolute Gasteiger partial charge is 0.481 e. The standard InChI is InChI=1S/C20H24N2O3/c1-13(2)19(23)21-16-7-9-17(10-8-16)22-20(24)15(4)25-18-11-5-14(3)6-12-18/h5-13,15H,1-4H3,(H,21,23)(H,22,24). The minimum atomic E-state index is -0.622. The van der Waals surface area contributed by atoms with Gasteiger partial charge in [-0.15, -0.1) is 0 Å². The monoisotopic (exact) mass is 340 g/mol. The topological polar surface area (TPSA) is 67.4 Å². The van der Waals surface area contributed by atoms with E-state index in [1.165, 1.54) is 0 Å². The second-order valence-corrected chi connectivity index (χ2v) is 6.28. The van der Waals surface area contributed by atoms with Crippen molar-refractivity contribution >= 4 is 23.2 Å². The third kappa shape index (κ3) is 5.64. The maximum Gasteiger partial charge on any atom is 0.265 e. The van der Waals surface area contributed by atoms with Crippen molar-refractivity contribution in [1.29, 1.82) is 0 Å². The Bertz CT molecular complexity index is 722. The van der Waals surface area contributed by atoms with Crippen LogP contribution in [0.3, 0.4) is 0 Å². The van der Waals surface area contributed by atoms with Crippen molar-refractivity contribution < 1.29 is 14.3 Å². The van der Waals surface area contributed by atoms with E-state index in [-0.39, 0.29) is 17.7 Å². The minimum absolute atomic E-state index is 0.0445. The van der Waals surface area contributed by atoms with Gasteiger partial charge in [-0.3, -0.25) is 9.59 Å². The highest BCUT2D eigenvalue weighted by Gasteiger charge is 2.15. The molecule has 0 radical (unpaired) electrons. The van der Waals surface area contributed by atoms with Crippen LogP contribution in [0, 0.1) is 12.8 Å². The van der Waals surface area contributed by atoms with E-state index in [0.717, 1.165) is 5.56 Å². The van der Waals surface area contributed by atoms with Gasteiger partial charge >= 0.3 is 0 Å². The zero-order valence-corrected chi connectivity index (χ0v) is 15.0. The highest BCUT2D eigenvalue weighted by molar-refractivity contribution is 5.95. The first-order valence-electron chi connectivity index (χ1n) is 8.30. The molecule has 2 amide bonds. The zero-order chi connectivity index (χ0) is 18.4. The lowest BCUT2D eigenvalue weighted by Crippen LogP contribution is -2.30. The van der Waals surface area contributed by atoms with Gasteiger partial charge in [-0.1, -0.05) is 31.5 Å². The van der Waals surface area contributed by atoms with Crippen molar-refractivity contribution in [2.24, 2.45) is 5.92 Å². The second kappa shape index (κ2) is 8.33. The fraction of sp³-hybridized carbons (Fsp3) is 0.300. The number of hydrogen-bond acceptors (Lipinski definition) is 3. The molecule has 5 nitrogen and oxygen atoms in total. The van der Waals surface area contributed by atoms with Crippen molar-refractivity contribution in [3.63, 3.8) is 0 Å². The van der Waals surface area contributed by atoms with Crippen molar-refractivity contribution in [3.05, 3.63) is 54.1 Å². The quantitative estimate of drug-likeness (QED) is 0.835. The molecular weight excluding hydrogens is 316 g/mol. The molecular formula is C20H24N2O3. The molecule has 0 aliphatic rings. The average Bonchev–Trinajstić information content (AvgIpc) is 2.58. The van der Waals surface area contributed by atoms with Crippen LogP contribution >= 0.6 is 0 Å². The molecule has 5 heteroatoms. The van der Waals surface area contributed by atoms with E-state index >= 15 is 0 Å². The Morgan fingerprint density at radius 2 is 1.28 bits per heavy atom. The first kappa shape index (κ1) is 18.5. The molecule has 0 heterocycles. The number of anilines is 2. The summed E-state index contributed by atoms with van der Waals surface area (Å²) in [6.07, 6.45) is -0.622. The summed E-state index contributed by atoms with van der Waals surface area (Å²) in [5.41, 5.74) is 2.47. The molecule has 0 aliphatic carbocycles.